The molecule has 0 unspecified atom stereocenters. The van der Waals surface area contributed by atoms with Crippen LogP contribution in [0.25, 0.3) is 6.08 Å². The molecule has 0 bridgehead atoms. The summed E-state index contributed by atoms with van der Waals surface area (Å²) in [6.07, 6.45) is 5.02. The highest BCUT2D eigenvalue weighted by Gasteiger charge is 2.15. The van der Waals surface area contributed by atoms with Crippen molar-refractivity contribution < 1.29 is 18.4 Å². The van der Waals surface area contributed by atoms with Gasteiger partial charge in [0.25, 0.3) is 5.91 Å². The number of furan rings is 1. The molecule has 0 aliphatic heterocycles. The molecule has 0 saturated carbocycles. The minimum atomic E-state index is -0.356. The normalized spacial score (nSPS) is 10.9. The molecule has 6 heteroatoms. The standard InChI is InChI=1S/C29H25FN2O3/c30-25-9-4-8-24(18-25)21-32(29(34)16-13-22-6-2-1-3-7-22)26-14-11-23(12-15-26)19-28(33)31-20-27-10-5-17-35-27/h1-18H,19-21H2,(H,31,33). The largest absolute Gasteiger partial charge is 0.467 e. The van der Waals surface area contributed by atoms with Gasteiger partial charge in [0.05, 0.1) is 25.8 Å². The molecule has 2 amide bonds. The summed E-state index contributed by atoms with van der Waals surface area (Å²) in [6.45, 7) is 0.534. The van der Waals surface area contributed by atoms with Crippen molar-refractivity contribution >= 4 is 23.6 Å². The average Bonchev–Trinajstić information content (AvgIpc) is 3.40. The summed E-state index contributed by atoms with van der Waals surface area (Å²) in [7, 11) is 0. The molecule has 0 saturated heterocycles. The Morgan fingerprint density at radius 2 is 1.69 bits per heavy atom. The quantitative estimate of drug-likeness (QED) is 0.329. The van der Waals surface area contributed by atoms with Crippen LogP contribution in [0.15, 0.2) is 108 Å². The van der Waals surface area contributed by atoms with E-state index in [-0.39, 0.29) is 30.6 Å². The Labute approximate surface area is 203 Å². The number of amides is 2. The lowest BCUT2D eigenvalue weighted by Crippen LogP contribution is -2.29. The maximum Gasteiger partial charge on any atom is 0.251 e. The molecular formula is C29H25FN2O3. The molecule has 1 N–H and O–H groups in total. The molecule has 3 aromatic carbocycles. The van der Waals surface area contributed by atoms with E-state index < -0.39 is 0 Å². The molecule has 1 aromatic heterocycles. The van der Waals surface area contributed by atoms with Gasteiger partial charge in [0.2, 0.25) is 5.91 Å². The van der Waals surface area contributed by atoms with Crippen molar-refractivity contribution in [1.82, 2.24) is 5.32 Å². The number of anilines is 1. The van der Waals surface area contributed by atoms with Gasteiger partial charge in [-0.25, -0.2) is 4.39 Å². The number of benzene rings is 3. The van der Waals surface area contributed by atoms with Crippen molar-refractivity contribution in [3.05, 3.63) is 132 Å². The summed E-state index contributed by atoms with van der Waals surface area (Å²) in [6, 6.07) is 26.5. The lowest BCUT2D eigenvalue weighted by molar-refractivity contribution is -0.120. The smallest absolute Gasteiger partial charge is 0.251 e. The van der Waals surface area contributed by atoms with Crippen molar-refractivity contribution in [2.24, 2.45) is 0 Å². The Morgan fingerprint density at radius 1 is 0.886 bits per heavy atom. The van der Waals surface area contributed by atoms with Crippen LogP contribution in [-0.4, -0.2) is 11.8 Å². The van der Waals surface area contributed by atoms with Gasteiger partial charge in [0.15, 0.2) is 0 Å². The Hall–Kier alpha value is -4.45. The van der Waals surface area contributed by atoms with Gasteiger partial charge in [0, 0.05) is 11.8 Å². The highest BCUT2D eigenvalue weighted by molar-refractivity contribution is 6.03. The fourth-order valence-electron chi connectivity index (χ4n) is 3.58. The van der Waals surface area contributed by atoms with Crippen LogP contribution in [0, 0.1) is 5.82 Å². The second-order valence-electron chi connectivity index (χ2n) is 8.00. The van der Waals surface area contributed by atoms with E-state index in [9.17, 15) is 14.0 Å². The van der Waals surface area contributed by atoms with E-state index in [0.717, 1.165) is 11.1 Å². The molecule has 5 nitrogen and oxygen atoms in total. The fraction of sp³-hybridized carbons (Fsp3) is 0.103. The van der Waals surface area contributed by atoms with Crippen molar-refractivity contribution in [2.75, 3.05) is 4.90 Å². The summed E-state index contributed by atoms with van der Waals surface area (Å²) in [5.41, 5.74) is 3.04. The number of rotatable bonds is 9. The van der Waals surface area contributed by atoms with Crippen molar-refractivity contribution in [1.29, 1.82) is 0 Å². The summed E-state index contributed by atoms with van der Waals surface area (Å²) in [4.78, 5) is 27.0. The number of nitrogens with one attached hydrogen (secondary N) is 1. The molecule has 0 fully saturated rings. The Morgan fingerprint density at radius 3 is 2.40 bits per heavy atom. The second-order valence-corrected chi connectivity index (χ2v) is 8.00. The molecule has 0 aliphatic rings. The molecule has 176 valence electrons. The SMILES string of the molecule is O=C(Cc1ccc(N(Cc2cccc(F)c2)C(=O)C=Cc2ccccc2)cc1)NCc1ccco1. The zero-order valence-corrected chi connectivity index (χ0v) is 19.1. The highest BCUT2D eigenvalue weighted by atomic mass is 19.1. The van der Waals surface area contributed by atoms with E-state index in [1.54, 1.807) is 53.6 Å². The Balaban J connectivity index is 1.48. The number of carbonyl (C=O) groups is 2. The first-order chi connectivity index (χ1) is 17.1. The zero-order valence-electron chi connectivity index (χ0n) is 19.1. The molecule has 0 radical (unpaired) electrons. The van der Waals surface area contributed by atoms with Gasteiger partial charge in [-0.15, -0.1) is 0 Å². The van der Waals surface area contributed by atoms with Gasteiger partial charge in [-0.1, -0.05) is 54.6 Å². The molecule has 0 atom stereocenters. The number of halogens is 1. The van der Waals surface area contributed by atoms with E-state index in [0.29, 0.717) is 23.6 Å². The van der Waals surface area contributed by atoms with Crippen LogP contribution >= 0.6 is 0 Å². The van der Waals surface area contributed by atoms with E-state index >= 15 is 0 Å². The van der Waals surface area contributed by atoms with E-state index in [4.69, 9.17) is 4.42 Å². The van der Waals surface area contributed by atoms with Crippen LogP contribution in [0.5, 0.6) is 0 Å². The highest BCUT2D eigenvalue weighted by Crippen LogP contribution is 2.20. The summed E-state index contributed by atoms with van der Waals surface area (Å²) in [5.74, 6) is -0.0379. The van der Waals surface area contributed by atoms with Crippen LogP contribution in [0.1, 0.15) is 22.5 Å². The van der Waals surface area contributed by atoms with Crippen LogP contribution in [0.3, 0.4) is 0 Å². The Kier molecular flexibility index (Phi) is 7.86. The number of hydrogen-bond acceptors (Lipinski definition) is 3. The molecule has 0 spiro atoms. The van der Waals surface area contributed by atoms with Crippen LogP contribution in [0.4, 0.5) is 10.1 Å². The van der Waals surface area contributed by atoms with Crippen molar-refractivity contribution in [3.8, 4) is 0 Å². The van der Waals surface area contributed by atoms with Crippen LogP contribution in [0.2, 0.25) is 0 Å². The average molecular weight is 469 g/mol. The van der Waals surface area contributed by atoms with Gasteiger partial charge in [0.1, 0.15) is 11.6 Å². The molecule has 4 rings (SSSR count). The topological polar surface area (TPSA) is 62.6 Å². The number of nitrogens with zero attached hydrogens (tertiary/aromatic N) is 1. The second kappa shape index (κ2) is 11.6. The monoisotopic (exact) mass is 468 g/mol. The molecular weight excluding hydrogens is 443 g/mol. The van der Waals surface area contributed by atoms with Gasteiger partial charge < -0.3 is 14.6 Å². The lowest BCUT2D eigenvalue weighted by atomic mass is 10.1. The van der Waals surface area contributed by atoms with Crippen molar-refractivity contribution in [2.45, 2.75) is 19.5 Å². The first kappa shape index (κ1) is 23.7. The number of hydrogen-bond donors (Lipinski definition) is 1. The van der Waals surface area contributed by atoms with Gasteiger partial charge in [-0.3, -0.25) is 9.59 Å². The molecule has 4 aromatic rings. The maximum atomic E-state index is 13.8. The first-order valence-electron chi connectivity index (χ1n) is 11.2. The molecule has 0 aliphatic carbocycles. The summed E-state index contributed by atoms with van der Waals surface area (Å²) >= 11 is 0. The third kappa shape index (κ3) is 7.01. The number of carbonyl (C=O) groups excluding carboxylic acids is 2. The lowest BCUT2D eigenvalue weighted by Gasteiger charge is -2.22. The van der Waals surface area contributed by atoms with E-state index in [1.807, 2.05) is 42.5 Å². The minimum absolute atomic E-state index is 0.132. The molecule has 35 heavy (non-hydrogen) atoms. The van der Waals surface area contributed by atoms with Gasteiger partial charge in [-0.2, -0.15) is 0 Å². The van der Waals surface area contributed by atoms with Crippen LogP contribution < -0.4 is 10.2 Å². The van der Waals surface area contributed by atoms with E-state index in [1.165, 1.54) is 18.2 Å². The molecule has 1 heterocycles. The first-order valence-corrected chi connectivity index (χ1v) is 11.2. The Bertz CT molecular complexity index is 1280. The van der Waals surface area contributed by atoms with E-state index in [2.05, 4.69) is 5.32 Å². The minimum Gasteiger partial charge on any atom is -0.467 e. The third-order valence-electron chi connectivity index (χ3n) is 5.37. The fourth-order valence-corrected chi connectivity index (χ4v) is 3.58. The summed E-state index contributed by atoms with van der Waals surface area (Å²) < 4.78 is 19.0. The third-order valence-corrected chi connectivity index (χ3v) is 5.37. The predicted octanol–water partition coefficient (Wildman–Crippen LogP) is 5.52. The maximum absolute atomic E-state index is 13.8. The van der Waals surface area contributed by atoms with Crippen molar-refractivity contribution in [3.63, 3.8) is 0 Å². The predicted molar refractivity (Wildman–Crippen MR) is 134 cm³/mol. The van der Waals surface area contributed by atoms with Gasteiger partial charge >= 0.3 is 0 Å². The van der Waals surface area contributed by atoms with Crippen LogP contribution in [-0.2, 0) is 29.1 Å². The zero-order chi connectivity index (χ0) is 24.5. The van der Waals surface area contributed by atoms with Gasteiger partial charge in [-0.05, 0) is 59.2 Å². The summed E-state index contributed by atoms with van der Waals surface area (Å²) in [5, 5.41) is 2.82.